The van der Waals surface area contributed by atoms with Gasteiger partial charge in [-0.15, -0.1) is 12.4 Å². The highest BCUT2D eigenvalue weighted by Gasteiger charge is 2.22. The van der Waals surface area contributed by atoms with Crippen molar-refractivity contribution in [2.75, 3.05) is 33.3 Å². The first kappa shape index (κ1) is 16.7. The fraction of sp³-hybridized carbons (Fsp3) is 0.917. The van der Waals surface area contributed by atoms with Crippen molar-refractivity contribution >= 4 is 18.3 Å². The molecule has 0 atom stereocenters. The van der Waals surface area contributed by atoms with Crippen LogP contribution in [0.5, 0.6) is 0 Å². The standard InChI is InChI=1S/C12H24N2O2.ClH/c1-10(2)16-9-12(15)14-6-4-11(5-7-14)8-13-3;/h10-11,13H,4-9H2,1-3H3;1H. The van der Waals surface area contributed by atoms with Gasteiger partial charge in [0.2, 0.25) is 5.91 Å². The van der Waals surface area contributed by atoms with Gasteiger partial charge in [0.05, 0.1) is 6.10 Å². The second-order valence-electron chi connectivity index (χ2n) is 4.74. The van der Waals surface area contributed by atoms with E-state index in [2.05, 4.69) is 5.32 Å². The van der Waals surface area contributed by atoms with Crippen molar-refractivity contribution in [1.29, 1.82) is 0 Å². The summed E-state index contributed by atoms with van der Waals surface area (Å²) in [5, 5.41) is 3.19. The number of nitrogens with zero attached hydrogens (tertiary/aromatic N) is 1. The van der Waals surface area contributed by atoms with Crippen LogP contribution in [0.2, 0.25) is 0 Å². The maximum atomic E-state index is 11.8. The van der Waals surface area contributed by atoms with Gasteiger partial charge < -0.3 is 15.0 Å². The van der Waals surface area contributed by atoms with Crippen molar-refractivity contribution in [3.8, 4) is 0 Å². The van der Waals surface area contributed by atoms with Crippen molar-refractivity contribution < 1.29 is 9.53 Å². The molecule has 1 N–H and O–H groups in total. The summed E-state index contributed by atoms with van der Waals surface area (Å²) in [6.45, 7) is 6.96. The summed E-state index contributed by atoms with van der Waals surface area (Å²) in [5.41, 5.74) is 0. The molecular formula is C12H25ClN2O2. The molecule has 17 heavy (non-hydrogen) atoms. The van der Waals surface area contributed by atoms with Crippen LogP contribution in [0, 0.1) is 5.92 Å². The first-order chi connectivity index (χ1) is 7.63. The zero-order valence-electron chi connectivity index (χ0n) is 11.1. The lowest BCUT2D eigenvalue weighted by Crippen LogP contribution is -2.42. The molecule has 1 fully saturated rings. The van der Waals surface area contributed by atoms with E-state index in [9.17, 15) is 4.79 Å². The molecule has 5 heteroatoms. The lowest BCUT2D eigenvalue weighted by atomic mass is 9.97. The van der Waals surface area contributed by atoms with E-state index in [-0.39, 0.29) is 31.0 Å². The third-order valence-corrected chi connectivity index (χ3v) is 3.00. The van der Waals surface area contributed by atoms with Crippen LogP contribution >= 0.6 is 12.4 Å². The Morgan fingerprint density at radius 3 is 2.47 bits per heavy atom. The second-order valence-corrected chi connectivity index (χ2v) is 4.74. The quantitative estimate of drug-likeness (QED) is 0.814. The maximum absolute atomic E-state index is 11.8. The Labute approximate surface area is 110 Å². The van der Waals surface area contributed by atoms with E-state index in [1.165, 1.54) is 0 Å². The number of carbonyl (C=O) groups is 1. The number of halogens is 1. The lowest BCUT2D eigenvalue weighted by Gasteiger charge is -2.32. The van der Waals surface area contributed by atoms with E-state index in [1.54, 1.807) is 0 Å². The normalized spacial score (nSPS) is 17.1. The summed E-state index contributed by atoms with van der Waals surface area (Å²) in [6.07, 6.45) is 2.34. The molecule has 1 aliphatic heterocycles. The SMILES string of the molecule is CNCC1CCN(C(=O)COC(C)C)CC1.Cl. The molecular weight excluding hydrogens is 240 g/mol. The van der Waals surface area contributed by atoms with E-state index in [0.29, 0.717) is 0 Å². The molecule has 0 saturated carbocycles. The number of likely N-dealkylation sites (tertiary alicyclic amines) is 1. The molecule has 0 aromatic heterocycles. The summed E-state index contributed by atoms with van der Waals surface area (Å²) >= 11 is 0. The molecule has 0 aromatic carbocycles. The molecule has 0 bridgehead atoms. The molecule has 1 amide bonds. The Balaban J connectivity index is 0.00000256. The average molecular weight is 265 g/mol. The third kappa shape index (κ3) is 6.24. The highest BCUT2D eigenvalue weighted by Crippen LogP contribution is 2.16. The number of nitrogens with one attached hydrogen (secondary N) is 1. The summed E-state index contributed by atoms with van der Waals surface area (Å²) in [4.78, 5) is 13.7. The van der Waals surface area contributed by atoms with E-state index in [0.717, 1.165) is 38.4 Å². The van der Waals surface area contributed by atoms with Crippen LogP contribution in [0.3, 0.4) is 0 Å². The fourth-order valence-corrected chi connectivity index (χ4v) is 2.00. The Kier molecular flexibility index (Phi) is 8.56. The van der Waals surface area contributed by atoms with Gasteiger partial charge in [-0.1, -0.05) is 0 Å². The van der Waals surface area contributed by atoms with Crippen molar-refractivity contribution in [2.45, 2.75) is 32.8 Å². The Morgan fingerprint density at radius 1 is 1.41 bits per heavy atom. The number of hydrogen-bond acceptors (Lipinski definition) is 3. The minimum atomic E-state index is 0. The van der Waals surface area contributed by atoms with Crippen LogP contribution in [-0.4, -0.2) is 50.2 Å². The smallest absolute Gasteiger partial charge is 0.248 e. The van der Waals surface area contributed by atoms with Crippen molar-refractivity contribution in [1.82, 2.24) is 10.2 Å². The molecule has 1 saturated heterocycles. The van der Waals surface area contributed by atoms with Gasteiger partial charge in [-0.05, 0) is 46.2 Å². The number of piperidine rings is 1. The van der Waals surface area contributed by atoms with E-state index >= 15 is 0 Å². The molecule has 102 valence electrons. The van der Waals surface area contributed by atoms with Crippen LogP contribution < -0.4 is 5.32 Å². The summed E-state index contributed by atoms with van der Waals surface area (Å²) in [6, 6.07) is 0. The summed E-state index contributed by atoms with van der Waals surface area (Å²) < 4.78 is 5.33. The van der Waals surface area contributed by atoms with E-state index in [1.807, 2.05) is 25.8 Å². The van der Waals surface area contributed by atoms with Gasteiger partial charge in [0.1, 0.15) is 6.61 Å². The van der Waals surface area contributed by atoms with E-state index < -0.39 is 0 Å². The highest BCUT2D eigenvalue weighted by atomic mass is 35.5. The molecule has 0 radical (unpaired) electrons. The Morgan fingerprint density at radius 2 is 2.00 bits per heavy atom. The van der Waals surface area contributed by atoms with Gasteiger partial charge in [-0.2, -0.15) is 0 Å². The molecule has 1 rings (SSSR count). The molecule has 0 aromatic rings. The number of carbonyl (C=O) groups excluding carboxylic acids is 1. The lowest BCUT2D eigenvalue weighted by molar-refractivity contribution is -0.138. The predicted octanol–water partition coefficient (Wildman–Crippen LogP) is 1.29. The van der Waals surface area contributed by atoms with Gasteiger partial charge in [0.25, 0.3) is 0 Å². The zero-order chi connectivity index (χ0) is 12.0. The maximum Gasteiger partial charge on any atom is 0.248 e. The molecule has 4 nitrogen and oxygen atoms in total. The predicted molar refractivity (Wildman–Crippen MR) is 71.6 cm³/mol. The minimum absolute atomic E-state index is 0. The van der Waals surface area contributed by atoms with Crippen molar-refractivity contribution in [3.63, 3.8) is 0 Å². The highest BCUT2D eigenvalue weighted by molar-refractivity contribution is 5.85. The molecule has 0 aliphatic carbocycles. The molecule has 0 spiro atoms. The number of amides is 1. The Bertz CT molecular complexity index is 217. The van der Waals surface area contributed by atoms with Crippen LogP contribution in [0.1, 0.15) is 26.7 Å². The van der Waals surface area contributed by atoms with Gasteiger partial charge in [-0.25, -0.2) is 0 Å². The second kappa shape index (κ2) is 8.72. The monoisotopic (exact) mass is 264 g/mol. The first-order valence-electron chi connectivity index (χ1n) is 6.17. The third-order valence-electron chi connectivity index (χ3n) is 3.00. The van der Waals surface area contributed by atoms with Crippen molar-refractivity contribution in [2.24, 2.45) is 5.92 Å². The topological polar surface area (TPSA) is 41.6 Å². The first-order valence-corrected chi connectivity index (χ1v) is 6.17. The molecule has 1 heterocycles. The number of ether oxygens (including phenoxy) is 1. The van der Waals surface area contributed by atoms with Gasteiger partial charge in [-0.3, -0.25) is 4.79 Å². The van der Waals surface area contributed by atoms with Gasteiger partial charge in [0.15, 0.2) is 0 Å². The zero-order valence-corrected chi connectivity index (χ0v) is 11.9. The molecule has 1 aliphatic rings. The summed E-state index contributed by atoms with van der Waals surface area (Å²) in [7, 11) is 1.98. The van der Waals surface area contributed by atoms with Gasteiger partial charge in [0, 0.05) is 13.1 Å². The molecule has 0 unspecified atom stereocenters. The van der Waals surface area contributed by atoms with Crippen LogP contribution in [-0.2, 0) is 9.53 Å². The fourth-order valence-electron chi connectivity index (χ4n) is 2.00. The number of rotatable bonds is 5. The largest absolute Gasteiger partial charge is 0.369 e. The van der Waals surface area contributed by atoms with Crippen LogP contribution in [0.15, 0.2) is 0 Å². The van der Waals surface area contributed by atoms with Crippen molar-refractivity contribution in [3.05, 3.63) is 0 Å². The Hall–Kier alpha value is -0.320. The minimum Gasteiger partial charge on any atom is -0.369 e. The van der Waals surface area contributed by atoms with Crippen LogP contribution in [0.25, 0.3) is 0 Å². The van der Waals surface area contributed by atoms with Crippen LogP contribution in [0.4, 0.5) is 0 Å². The average Bonchev–Trinajstić information content (AvgIpc) is 2.27. The number of hydrogen-bond donors (Lipinski definition) is 1. The summed E-state index contributed by atoms with van der Waals surface area (Å²) in [5.74, 6) is 0.858. The van der Waals surface area contributed by atoms with E-state index in [4.69, 9.17) is 4.74 Å². The van der Waals surface area contributed by atoms with Gasteiger partial charge >= 0.3 is 0 Å².